The van der Waals surface area contributed by atoms with Crippen molar-refractivity contribution < 1.29 is 4.92 Å². The van der Waals surface area contributed by atoms with Gasteiger partial charge in [0.1, 0.15) is 0 Å². The Balaban J connectivity index is 2.19. The van der Waals surface area contributed by atoms with Crippen LogP contribution in [0.2, 0.25) is 0 Å². The van der Waals surface area contributed by atoms with Gasteiger partial charge in [-0.05, 0) is 30.7 Å². The first-order valence-electron chi connectivity index (χ1n) is 6.39. The molecule has 0 spiro atoms. The molecule has 2 aromatic rings. The van der Waals surface area contributed by atoms with Crippen LogP contribution in [0.4, 0.5) is 11.4 Å². The summed E-state index contributed by atoms with van der Waals surface area (Å²) < 4.78 is 0. The highest BCUT2D eigenvalue weighted by Crippen LogP contribution is 2.29. The van der Waals surface area contributed by atoms with Crippen LogP contribution < -0.4 is 5.32 Å². The van der Waals surface area contributed by atoms with E-state index in [9.17, 15) is 10.1 Å². The Hall–Kier alpha value is -2.01. The van der Waals surface area contributed by atoms with Crippen LogP contribution in [0, 0.1) is 10.1 Å². The minimum atomic E-state index is -0.355. The molecule has 0 bridgehead atoms. The van der Waals surface area contributed by atoms with Crippen LogP contribution >= 0.6 is 11.8 Å². The lowest BCUT2D eigenvalue weighted by molar-refractivity contribution is -0.384. The van der Waals surface area contributed by atoms with Gasteiger partial charge in [0.2, 0.25) is 0 Å². The third kappa shape index (κ3) is 3.74. The van der Waals surface area contributed by atoms with Crippen molar-refractivity contribution in [1.82, 2.24) is 0 Å². The second-order valence-corrected chi connectivity index (χ2v) is 5.28. The molecule has 0 aliphatic carbocycles. The van der Waals surface area contributed by atoms with Crippen molar-refractivity contribution in [3.63, 3.8) is 0 Å². The van der Waals surface area contributed by atoms with Gasteiger partial charge < -0.3 is 5.32 Å². The summed E-state index contributed by atoms with van der Waals surface area (Å²) in [4.78, 5) is 11.7. The van der Waals surface area contributed by atoms with Gasteiger partial charge in [0.05, 0.1) is 4.92 Å². The molecule has 0 aromatic heterocycles. The number of nitrogens with one attached hydrogen (secondary N) is 1. The lowest BCUT2D eigenvalue weighted by Gasteiger charge is -2.10. The molecule has 20 heavy (non-hydrogen) atoms. The van der Waals surface area contributed by atoms with Crippen molar-refractivity contribution in [2.45, 2.75) is 17.6 Å². The van der Waals surface area contributed by atoms with Gasteiger partial charge in [-0.2, -0.15) is 0 Å². The van der Waals surface area contributed by atoms with Gasteiger partial charge in [-0.15, -0.1) is 11.8 Å². The molecule has 1 N–H and O–H groups in total. The summed E-state index contributed by atoms with van der Waals surface area (Å²) in [5.74, 6) is 0.702. The molecular formula is C15H16N2O2S. The van der Waals surface area contributed by atoms with Crippen LogP contribution in [0.5, 0.6) is 0 Å². The zero-order valence-corrected chi connectivity index (χ0v) is 12.0. The van der Waals surface area contributed by atoms with E-state index in [1.165, 1.54) is 6.07 Å². The highest BCUT2D eigenvalue weighted by atomic mass is 32.2. The quantitative estimate of drug-likeness (QED) is 0.488. The zero-order valence-electron chi connectivity index (χ0n) is 11.2. The predicted octanol–water partition coefficient (Wildman–Crippen LogP) is 4.32. The van der Waals surface area contributed by atoms with Gasteiger partial charge in [-0.25, -0.2) is 0 Å². The highest BCUT2D eigenvalue weighted by Gasteiger charge is 2.10. The fourth-order valence-corrected chi connectivity index (χ4v) is 2.76. The second kappa shape index (κ2) is 6.96. The van der Waals surface area contributed by atoms with E-state index < -0.39 is 0 Å². The van der Waals surface area contributed by atoms with Gasteiger partial charge in [-0.1, -0.05) is 18.2 Å². The summed E-state index contributed by atoms with van der Waals surface area (Å²) in [6.45, 7) is 2.80. The number of rotatable bonds is 6. The van der Waals surface area contributed by atoms with E-state index in [1.807, 2.05) is 37.3 Å². The number of thioether (sulfide) groups is 1. The maximum absolute atomic E-state index is 10.9. The standard InChI is InChI=1S/C15H16N2O2S/c1-2-16-15-9-8-13(17(18)19)10-12(15)11-20-14-6-4-3-5-7-14/h3-10,16H,2,11H2,1H3. The van der Waals surface area contributed by atoms with Crippen LogP contribution in [0.1, 0.15) is 12.5 Å². The van der Waals surface area contributed by atoms with E-state index in [0.717, 1.165) is 22.7 Å². The lowest BCUT2D eigenvalue weighted by atomic mass is 10.2. The summed E-state index contributed by atoms with van der Waals surface area (Å²) in [5.41, 5.74) is 2.05. The molecule has 0 aliphatic heterocycles. The summed E-state index contributed by atoms with van der Waals surface area (Å²) in [5, 5.41) is 14.1. The molecule has 0 amide bonds. The van der Waals surface area contributed by atoms with E-state index in [4.69, 9.17) is 0 Å². The average Bonchev–Trinajstić information content (AvgIpc) is 2.47. The van der Waals surface area contributed by atoms with E-state index in [-0.39, 0.29) is 10.6 Å². The number of hydrogen-bond acceptors (Lipinski definition) is 4. The number of nitro groups is 1. The van der Waals surface area contributed by atoms with Gasteiger partial charge in [0.15, 0.2) is 0 Å². The average molecular weight is 288 g/mol. The molecule has 0 unspecified atom stereocenters. The number of nitro benzene ring substituents is 1. The number of anilines is 1. The van der Waals surface area contributed by atoms with Crippen LogP contribution in [-0.4, -0.2) is 11.5 Å². The fourth-order valence-electron chi connectivity index (χ4n) is 1.85. The topological polar surface area (TPSA) is 55.2 Å². The molecular weight excluding hydrogens is 272 g/mol. The minimum Gasteiger partial charge on any atom is -0.385 e. The molecule has 0 saturated carbocycles. The maximum atomic E-state index is 10.9. The normalized spacial score (nSPS) is 10.2. The van der Waals surface area contributed by atoms with Gasteiger partial charge >= 0.3 is 0 Å². The first kappa shape index (κ1) is 14.4. The van der Waals surface area contributed by atoms with E-state index in [1.54, 1.807) is 23.9 Å². The second-order valence-electron chi connectivity index (χ2n) is 4.23. The molecule has 0 heterocycles. The Morgan fingerprint density at radius 1 is 1.20 bits per heavy atom. The summed E-state index contributed by atoms with van der Waals surface area (Å²) in [7, 11) is 0. The van der Waals surface area contributed by atoms with E-state index >= 15 is 0 Å². The molecule has 0 radical (unpaired) electrons. The molecule has 5 heteroatoms. The Labute approximate surface area is 122 Å². The minimum absolute atomic E-state index is 0.135. The van der Waals surface area contributed by atoms with Gasteiger partial charge in [-0.3, -0.25) is 10.1 Å². The highest BCUT2D eigenvalue weighted by molar-refractivity contribution is 7.98. The maximum Gasteiger partial charge on any atom is 0.269 e. The fraction of sp³-hybridized carbons (Fsp3) is 0.200. The Kier molecular flexibility index (Phi) is 5.01. The first-order valence-corrected chi connectivity index (χ1v) is 7.38. The smallest absolute Gasteiger partial charge is 0.269 e. The van der Waals surface area contributed by atoms with Crippen LogP contribution in [0.25, 0.3) is 0 Å². The van der Waals surface area contributed by atoms with E-state index in [0.29, 0.717) is 5.75 Å². The molecule has 104 valence electrons. The van der Waals surface area contributed by atoms with Crippen molar-refractivity contribution >= 4 is 23.1 Å². The van der Waals surface area contributed by atoms with Crippen molar-refractivity contribution in [1.29, 1.82) is 0 Å². The number of nitrogens with zero attached hydrogens (tertiary/aromatic N) is 1. The summed E-state index contributed by atoms with van der Waals surface area (Å²) in [6, 6.07) is 15.0. The molecule has 0 saturated heterocycles. The van der Waals surface area contributed by atoms with Crippen LogP contribution in [0.3, 0.4) is 0 Å². The van der Waals surface area contributed by atoms with Crippen LogP contribution in [-0.2, 0) is 5.75 Å². The summed E-state index contributed by atoms with van der Waals surface area (Å²) >= 11 is 1.67. The van der Waals surface area contributed by atoms with Crippen molar-refractivity contribution in [2.75, 3.05) is 11.9 Å². The Bertz CT molecular complexity index is 588. The largest absolute Gasteiger partial charge is 0.385 e. The zero-order chi connectivity index (χ0) is 14.4. The van der Waals surface area contributed by atoms with Crippen molar-refractivity contribution in [3.05, 3.63) is 64.2 Å². The molecule has 0 aliphatic rings. The van der Waals surface area contributed by atoms with Gasteiger partial charge in [0, 0.05) is 35.0 Å². The van der Waals surface area contributed by atoms with E-state index in [2.05, 4.69) is 5.32 Å². The monoisotopic (exact) mass is 288 g/mol. The number of non-ortho nitro benzene ring substituents is 1. The number of benzene rings is 2. The SMILES string of the molecule is CCNc1ccc([N+](=O)[O-])cc1CSc1ccccc1. The van der Waals surface area contributed by atoms with Crippen molar-refractivity contribution in [2.24, 2.45) is 0 Å². The molecule has 4 nitrogen and oxygen atoms in total. The Morgan fingerprint density at radius 2 is 1.95 bits per heavy atom. The number of hydrogen-bond donors (Lipinski definition) is 1. The third-order valence-electron chi connectivity index (χ3n) is 2.80. The van der Waals surface area contributed by atoms with Gasteiger partial charge in [0.25, 0.3) is 5.69 Å². The van der Waals surface area contributed by atoms with Crippen molar-refractivity contribution in [3.8, 4) is 0 Å². The molecule has 0 fully saturated rings. The molecule has 2 aromatic carbocycles. The molecule has 2 rings (SSSR count). The lowest BCUT2D eigenvalue weighted by Crippen LogP contribution is -2.01. The first-order chi connectivity index (χ1) is 9.70. The summed E-state index contributed by atoms with van der Waals surface area (Å²) in [6.07, 6.45) is 0. The van der Waals surface area contributed by atoms with Crippen LogP contribution in [0.15, 0.2) is 53.4 Å². The Morgan fingerprint density at radius 3 is 2.60 bits per heavy atom. The predicted molar refractivity (Wildman–Crippen MR) is 83.3 cm³/mol. The molecule has 0 atom stereocenters. The third-order valence-corrected chi connectivity index (χ3v) is 3.87.